The molecule has 0 amide bonds. The van der Waals surface area contributed by atoms with Crippen molar-refractivity contribution in [1.29, 1.82) is 0 Å². The van der Waals surface area contributed by atoms with Crippen molar-refractivity contribution in [3.8, 4) is 5.75 Å². The van der Waals surface area contributed by atoms with E-state index < -0.39 is 16.1 Å². The number of hydrogen-bond donors (Lipinski definition) is 1. The van der Waals surface area contributed by atoms with Gasteiger partial charge < -0.3 is 4.74 Å². The topological polar surface area (TPSA) is 68.3 Å². The van der Waals surface area contributed by atoms with Crippen LogP contribution in [-0.4, -0.2) is 20.5 Å². The van der Waals surface area contributed by atoms with Crippen molar-refractivity contribution in [3.05, 3.63) is 53.3 Å². The van der Waals surface area contributed by atoms with Gasteiger partial charge in [0, 0.05) is 6.20 Å². The summed E-state index contributed by atoms with van der Waals surface area (Å²) >= 11 is 5.96. The molecule has 2 aromatic rings. The van der Waals surface area contributed by atoms with E-state index in [0.717, 1.165) is 0 Å². The molecule has 0 bridgehead atoms. The molecule has 1 N–H and O–H groups in total. The zero-order valence-corrected chi connectivity index (χ0v) is 13.1. The molecule has 0 aliphatic carbocycles. The number of aromatic nitrogens is 1. The number of nitrogens with zero attached hydrogens (tertiary/aromatic N) is 1. The zero-order chi connectivity index (χ0) is 15.5. The number of methoxy groups -OCH3 is 1. The largest absolute Gasteiger partial charge is 0.495 e. The number of sulfonamides is 1. The Morgan fingerprint density at radius 2 is 2.05 bits per heavy atom. The third-order valence-electron chi connectivity index (χ3n) is 2.90. The Bertz CT molecular complexity index is 720. The molecule has 5 nitrogen and oxygen atoms in total. The zero-order valence-electron chi connectivity index (χ0n) is 11.6. The van der Waals surface area contributed by atoms with E-state index in [-0.39, 0.29) is 9.92 Å². The Kier molecular flexibility index (Phi) is 4.82. The van der Waals surface area contributed by atoms with Crippen LogP contribution in [-0.2, 0) is 10.0 Å². The van der Waals surface area contributed by atoms with E-state index in [4.69, 9.17) is 16.3 Å². The van der Waals surface area contributed by atoms with Gasteiger partial charge in [-0.1, -0.05) is 17.7 Å². The monoisotopic (exact) mass is 326 g/mol. The smallest absolute Gasteiger partial charge is 0.241 e. The molecular formula is C14H15ClN2O3S. The molecule has 0 radical (unpaired) electrons. The molecule has 1 atom stereocenters. The van der Waals surface area contributed by atoms with Gasteiger partial charge in [0.05, 0.1) is 28.8 Å². The molecule has 1 aromatic carbocycles. The van der Waals surface area contributed by atoms with Crippen molar-refractivity contribution in [2.75, 3.05) is 7.11 Å². The van der Waals surface area contributed by atoms with Crippen LogP contribution in [0.1, 0.15) is 18.7 Å². The quantitative estimate of drug-likeness (QED) is 0.917. The van der Waals surface area contributed by atoms with Crippen molar-refractivity contribution >= 4 is 21.6 Å². The molecule has 1 heterocycles. The molecule has 0 saturated heterocycles. The van der Waals surface area contributed by atoms with E-state index in [1.807, 2.05) is 0 Å². The van der Waals surface area contributed by atoms with Crippen molar-refractivity contribution in [2.45, 2.75) is 17.9 Å². The molecule has 0 saturated carbocycles. The Balaban J connectivity index is 2.24. The van der Waals surface area contributed by atoms with Gasteiger partial charge in [0.15, 0.2) is 0 Å². The standard InChI is InChI=1S/C14H15ClN2O3S/c1-10(13-5-3-4-8-16-13)17-21(18,19)11-6-7-14(20-2)12(15)9-11/h3-10,17H,1-2H3/t10-/m0/s1. The van der Waals surface area contributed by atoms with E-state index in [2.05, 4.69) is 9.71 Å². The highest BCUT2D eigenvalue weighted by atomic mass is 35.5. The Morgan fingerprint density at radius 1 is 1.29 bits per heavy atom. The third kappa shape index (κ3) is 3.72. The second-order valence-corrected chi connectivity index (χ2v) is 6.52. The number of rotatable bonds is 5. The van der Waals surface area contributed by atoms with E-state index in [9.17, 15) is 8.42 Å². The molecule has 2 rings (SSSR count). The van der Waals surface area contributed by atoms with E-state index >= 15 is 0 Å². The third-order valence-corrected chi connectivity index (χ3v) is 4.73. The molecule has 0 aliphatic rings. The van der Waals surface area contributed by atoms with E-state index in [0.29, 0.717) is 11.4 Å². The van der Waals surface area contributed by atoms with Crippen molar-refractivity contribution < 1.29 is 13.2 Å². The lowest BCUT2D eigenvalue weighted by Crippen LogP contribution is -2.27. The van der Waals surface area contributed by atoms with Crippen LogP contribution in [0.3, 0.4) is 0 Å². The van der Waals surface area contributed by atoms with Gasteiger partial charge in [-0.3, -0.25) is 4.98 Å². The molecule has 112 valence electrons. The number of pyridine rings is 1. The number of hydrogen-bond acceptors (Lipinski definition) is 4. The molecule has 7 heteroatoms. The van der Waals surface area contributed by atoms with E-state index in [1.165, 1.54) is 25.3 Å². The fourth-order valence-corrected chi connectivity index (χ4v) is 3.37. The summed E-state index contributed by atoms with van der Waals surface area (Å²) in [4.78, 5) is 4.21. The maximum Gasteiger partial charge on any atom is 0.241 e. The summed E-state index contributed by atoms with van der Waals surface area (Å²) in [6.07, 6.45) is 1.62. The van der Waals surface area contributed by atoms with Gasteiger partial charge in [-0.15, -0.1) is 0 Å². The Hall–Kier alpha value is -1.63. The van der Waals surface area contributed by atoms with Crippen LogP contribution in [0.4, 0.5) is 0 Å². The second kappa shape index (κ2) is 6.43. The second-order valence-electron chi connectivity index (χ2n) is 4.39. The predicted octanol–water partition coefficient (Wildman–Crippen LogP) is 2.78. The molecule has 0 unspecified atom stereocenters. The summed E-state index contributed by atoms with van der Waals surface area (Å²) in [5.74, 6) is 0.424. The SMILES string of the molecule is COc1ccc(S(=O)(=O)N[C@@H](C)c2ccccn2)cc1Cl. The summed E-state index contributed by atoms with van der Waals surface area (Å²) in [6.45, 7) is 1.73. The molecule has 21 heavy (non-hydrogen) atoms. The summed E-state index contributed by atoms with van der Waals surface area (Å²) in [7, 11) is -2.22. The lowest BCUT2D eigenvalue weighted by Gasteiger charge is -2.14. The van der Waals surface area contributed by atoms with Crippen LogP contribution < -0.4 is 9.46 Å². The summed E-state index contributed by atoms with van der Waals surface area (Å²) in [5, 5.41) is 0.242. The Labute approximate surface area is 129 Å². The molecule has 0 aliphatic heterocycles. The van der Waals surface area contributed by atoms with Gasteiger partial charge in [-0.25, -0.2) is 13.1 Å². The molecule has 0 spiro atoms. The average molecular weight is 327 g/mol. The van der Waals surface area contributed by atoms with Gasteiger partial charge in [0.2, 0.25) is 10.0 Å². The van der Waals surface area contributed by atoms with Crippen molar-refractivity contribution in [2.24, 2.45) is 0 Å². The lowest BCUT2D eigenvalue weighted by molar-refractivity contribution is 0.414. The highest BCUT2D eigenvalue weighted by Gasteiger charge is 2.20. The predicted molar refractivity (Wildman–Crippen MR) is 81.0 cm³/mol. The summed E-state index contributed by atoms with van der Waals surface area (Å²) in [5.41, 5.74) is 0.640. The minimum Gasteiger partial charge on any atom is -0.495 e. The number of halogens is 1. The minimum absolute atomic E-state index is 0.0797. The van der Waals surface area contributed by atoms with Crippen LogP contribution >= 0.6 is 11.6 Å². The highest BCUT2D eigenvalue weighted by Crippen LogP contribution is 2.27. The van der Waals surface area contributed by atoms with Gasteiger partial charge in [0.25, 0.3) is 0 Å². The first-order chi connectivity index (χ1) is 9.94. The average Bonchev–Trinajstić information content (AvgIpc) is 2.47. The maximum absolute atomic E-state index is 12.3. The van der Waals surface area contributed by atoms with Crippen molar-refractivity contribution in [3.63, 3.8) is 0 Å². The van der Waals surface area contributed by atoms with Gasteiger partial charge in [-0.2, -0.15) is 0 Å². The van der Waals surface area contributed by atoms with E-state index in [1.54, 1.807) is 31.3 Å². The first kappa shape index (κ1) is 15.8. The number of ether oxygens (including phenoxy) is 1. The fraction of sp³-hybridized carbons (Fsp3) is 0.214. The van der Waals surface area contributed by atoms with Crippen LogP contribution in [0.25, 0.3) is 0 Å². The molecular weight excluding hydrogens is 312 g/mol. The molecule has 0 fully saturated rings. The number of benzene rings is 1. The number of nitrogens with one attached hydrogen (secondary N) is 1. The normalized spacial score (nSPS) is 12.9. The lowest BCUT2D eigenvalue weighted by atomic mass is 10.2. The molecule has 1 aromatic heterocycles. The highest BCUT2D eigenvalue weighted by molar-refractivity contribution is 7.89. The first-order valence-electron chi connectivity index (χ1n) is 6.21. The van der Waals surface area contributed by atoms with Gasteiger partial charge in [-0.05, 0) is 37.3 Å². The fourth-order valence-electron chi connectivity index (χ4n) is 1.81. The van der Waals surface area contributed by atoms with Crippen LogP contribution in [0.2, 0.25) is 5.02 Å². The van der Waals surface area contributed by atoms with Crippen molar-refractivity contribution in [1.82, 2.24) is 9.71 Å². The summed E-state index contributed by atoms with van der Waals surface area (Å²) in [6, 6.07) is 9.20. The van der Waals surface area contributed by atoms with Crippen LogP contribution in [0, 0.1) is 0 Å². The van der Waals surface area contributed by atoms with Gasteiger partial charge in [0.1, 0.15) is 5.75 Å². The Morgan fingerprint density at radius 3 is 2.62 bits per heavy atom. The maximum atomic E-state index is 12.3. The minimum atomic E-state index is -3.69. The van der Waals surface area contributed by atoms with Crippen LogP contribution in [0.15, 0.2) is 47.5 Å². The van der Waals surface area contributed by atoms with Gasteiger partial charge >= 0.3 is 0 Å². The summed E-state index contributed by atoms with van der Waals surface area (Å²) < 4.78 is 32.2. The first-order valence-corrected chi connectivity index (χ1v) is 8.07. The van der Waals surface area contributed by atoms with Crippen LogP contribution in [0.5, 0.6) is 5.75 Å².